The summed E-state index contributed by atoms with van der Waals surface area (Å²) in [5.74, 6) is -2.47. The van der Waals surface area contributed by atoms with Gasteiger partial charge in [0.1, 0.15) is 0 Å². The molecule has 3 aromatic rings. The molecule has 0 atom stereocenters. The molecule has 2 aromatic heterocycles. The van der Waals surface area contributed by atoms with Gasteiger partial charge in [0.05, 0.1) is 23.0 Å². The lowest BCUT2D eigenvalue weighted by molar-refractivity contribution is -0.131. The van der Waals surface area contributed by atoms with E-state index in [4.69, 9.17) is 16.7 Å². The van der Waals surface area contributed by atoms with Gasteiger partial charge < -0.3 is 9.67 Å². The molecule has 104 valence electrons. The van der Waals surface area contributed by atoms with Gasteiger partial charge in [-0.3, -0.25) is 9.78 Å². The van der Waals surface area contributed by atoms with Crippen molar-refractivity contribution in [3.8, 4) is 5.69 Å². The highest BCUT2D eigenvalue weighted by Gasteiger charge is 2.21. The van der Waals surface area contributed by atoms with E-state index in [0.29, 0.717) is 15.9 Å². The van der Waals surface area contributed by atoms with Crippen molar-refractivity contribution in [2.24, 2.45) is 0 Å². The third-order valence-corrected chi connectivity index (χ3v) is 3.36. The molecule has 21 heavy (non-hydrogen) atoms. The zero-order valence-electron chi connectivity index (χ0n) is 10.7. The maximum atomic E-state index is 11.8. The lowest BCUT2D eigenvalue weighted by Crippen LogP contribution is -2.12. The van der Waals surface area contributed by atoms with Crippen molar-refractivity contribution < 1.29 is 14.7 Å². The lowest BCUT2D eigenvalue weighted by Gasteiger charge is -2.03. The van der Waals surface area contributed by atoms with Gasteiger partial charge in [0.15, 0.2) is 0 Å². The molecule has 0 saturated heterocycles. The van der Waals surface area contributed by atoms with E-state index in [2.05, 4.69) is 4.98 Å². The quantitative estimate of drug-likeness (QED) is 0.596. The minimum Gasteiger partial charge on any atom is -0.475 e. The highest BCUT2D eigenvalue weighted by Crippen LogP contribution is 2.27. The number of rotatable bonds is 3. The predicted molar refractivity (Wildman–Crippen MR) is 78.0 cm³/mol. The number of aliphatic carboxylic acids is 1. The average Bonchev–Trinajstić information content (AvgIpc) is 2.85. The van der Waals surface area contributed by atoms with Crippen molar-refractivity contribution in [3.05, 3.63) is 59.5 Å². The number of aromatic nitrogens is 2. The first-order chi connectivity index (χ1) is 10.1. The van der Waals surface area contributed by atoms with Crippen molar-refractivity contribution in [1.29, 1.82) is 0 Å². The smallest absolute Gasteiger partial charge is 0.377 e. The highest BCUT2D eigenvalue weighted by molar-refractivity contribution is 6.42. The Morgan fingerprint density at radius 1 is 1.24 bits per heavy atom. The molecule has 0 radical (unpaired) electrons. The number of ketones is 1. The summed E-state index contributed by atoms with van der Waals surface area (Å²) >= 11 is 5.95. The first-order valence-electron chi connectivity index (χ1n) is 6.06. The summed E-state index contributed by atoms with van der Waals surface area (Å²) in [4.78, 5) is 26.8. The van der Waals surface area contributed by atoms with Crippen LogP contribution in [0.4, 0.5) is 0 Å². The van der Waals surface area contributed by atoms with Crippen molar-refractivity contribution in [3.63, 3.8) is 0 Å². The lowest BCUT2D eigenvalue weighted by atomic mass is 10.1. The van der Waals surface area contributed by atoms with Crippen LogP contribution in [0.25, 0.3) is 16.6 Å². The SMILES string of the molecule is O=C(O)C(=O)c1cn(-c2cccnc2)c2ccc(Cl)cc12. The third kappa shape index (κ3) is 2.28. The van der Waals surface area contributed by atoms with E-state index in [1.54, 1.807) is 41.2 Å². The molecule has 2 heterocycles. The van der Waals surface area contributed by atoms with Crippen molar-refractivity contribution >= 4 is 34.3 Å². The molecule has 3 rings (SSSR count). The summed E-state index contributed by atoms with van der Waals surface area (Å²) in [6, 6.07) is 8.58. The van der Waals surface area contributed by atoms with Crippen LogP contribution >= 0.6 is 11.6 Å². The van der Waals surface area contributed by atoms with Crippen LogP contribution in [0.1, 0.15) is 10.4 Å². The monoisotopic (exact) mass is 300 g/mol. The Morgan fingerprint density at radius 2 is 2.05 bits per heavy atom. The van der Waals surface area contributed by atoms with Gasteiger partial charge in [-0.1, -0.05) is 11.6 Å². The van der Waals surface area contributed by atoms with E-state index in [-0.39, 0.29) is 5.56 Å². The van der Waals surface area contributed by atoms with Crippen molar-refractivity contribution in [1.82, 2.24) is 9.55 Å². The van der Waals surface area contributed by atoms with Gasteiger partial charge in [0.25, 0.3) is 5.78 Å². The van der Waals surface area contributed by atoms with Crippen LogP contribution in [-0.4, -0.2) is 26.4 Å². The van der Waals surface area contributed by atoms with Gasteiger partial charge in [0.2, 0.25) is 0 Å². The molecule has 0 unspecified atom stereocenters. The number of carbonyl (C=O) groups excluding carboxylic acids is 1. The van der Waals surface area contributed by atoms with Crippen LogP contribution in [0.2, 0.25) is 5.02 Å². The first-order valence-corrected chi connectivity index (χ1v) is 6.44. The fourth-order valence-electron chi connectivity index (χ4n) is 2.21. The Hall–Kier alpha value is -2.66. The van der Waals surface area contributed by atoms with Crippen molar-refractivity contribution in [2.45, 2.75) is 0 Å². The molecule has 0 bridgehead atoms. The molecule has 0 amide bonds. The maximum Gasteiger partial charge on any atom is 0.377 e. The molecular weight excluding hydrogens is 292 g/mol. The molecule has 6 heteroatoms. The Labute approximate surface area is 124 Å². The fourth-order valence-corrected chi connectivity index (χ4v) is 2.38. The number of halogens is 1. The van der Waals surface area contributed by atoms with Gasteiger partial charge in [-0.15, -0.1) is 0 Å². The second-order valence-corrected chi connectivity index (χ2v) is 4.86. The molecule has 0 saturated carbocycles. The van der Waals surface area contributed by atoms with Crippen LogP contribution in [0.15, 0.2) is 48.9 Å². The molecule has 5 nitrogen and oxygen atoms in total. The van der Waals surface area contributed by atoms with Crippen LogP contribution in [-0.2, 0) is 4.79 Å². The number of pyridine rings is 1. The Morgan fingerprint density at radius 3 is 2.71 bits per heavy atom. The zero-order valence-corrected chi connectivity index (χ0v) is 11.4. The van der Waals surface area contributed by atoms with E-state index in [9.17, 15) is 9.59 Å². The fraction of sp³-hybridized carbons (Fsp3) is 0. The van der Waals surface area contributed by atoms with E-state index in [1.807, 2.05) is 6.07 Å². The first kappa shape index (κ1) is 13.3. The molecule has 0 fully saturated rings. The number of carbonyl (C=O) groups is 2. The number of carboxylic acid groups (broad SMARTS) is 1. The van der Waals surface area contributed by atoms with E-state index in [1.165, 1.54) is 6.20 Å². The summed E-state index contributed by atoms with van der Waals surface area (Å²) in [6.07, 6.45) is 4.76. The number of carboxylic acids is 1. The Balaban J connectivity index is 2.32. The number of hydrogen-bond donors (Lipinski definition) is 1. The summed E-state index contributed by atoms with van der Waals surface area (Å²) in [6.45, 7) is 0. The van der Waals surface area contributed by atoms with Crippen LogP contribution in [0, 0.1) is 0 Å². The van der Waals surface area contributed by atoms with Gasteiger partial charge in [-0.05, 0) is 30.3 Å². The van der Waals surface area contributed by atoms with Crippen molar-refractivity contribution in [2.75, 3.05) is 0 Å². The van der Waals surface area contributed by atoms with Crippen LogP contribution < -0.4 is 0 Å². The van der Waals surface area contributed by atoms with Gasteiger partial charge in [-0.2, -0.15) is 0 Å². The summed E-state index contributed by atoms with van der Waals surface area (Å²) in [7, 11) is 0. The van der Waals surface area contributed by atoms with Gasteiger partial charge in [-0.25, -0.2) is 4.79 Å². The normalized spacial score (nSPS) is 10.7. The van der Waals surface area contributed by atoms with E-state index >= 15 is 0 Å². The second kappa shape index (κ2) is 5.03. The minimum absolute atomic E-state index is 0.101. The molecular formula is C15H9ClN2O3. The molecule has 1 aromatic carbocycles. The molecule has 0 spiro atoms. The third-order valence-electron chi connectivity index (χ3n) is 3.13. The predicted octanol–water partition coefficient (Wildman–Crippen LogP) is 2.95. The molecule has 1 N–H and O–H groups in total. The highest BCUT2D eigenvalue weighted by atomic mass is 35.5. The number of hydrogen-bond acceptors (Lipinski definition) is 3. The number of benzene rings is 1. The number of fused-ring (bicyclic) bond motifs is 1. The average molecular weight is 301 g/mol. The van der Waals surface area contributed by atoms with Crippen LogP contribution in [0.3, 0.4) is 0 Å². The van der Waals surface area contributed by atoms with E-state index in [0.717, 1.165) is 5.69 Å². The maximum absolute atomic E-state index is 11.8. The standard InChI is InChI=1S/C15H9ClN2O3/c16-9-3-4-13-11(6-9)12(14(19)15(20)21)8-18(13)10-2-1-5-17-7-10/h1-8H,(H,20,21). The topological polar surface area (TPSA) is 72.2 Å². The van der Waals surface area contributed by atoms with E-state index < -0.39 is 11.8 Å². The Kier molecular flexibility index (Phi) is 3.19. The van der Waals surface area contributed by atoms with Gasteiger partial charge in [0, 0.05) is 22.8 Å². The molecule has 0 aliphatic rings. The molecule has 0 aliphatic heterocycles. The second-order valence-electron chi connectivity index (χ2n) is 4.42. The summed E-state index contributed by atoms with van der Waals surface area (Å²) in [5.41, 5.74) is 1.52. The molecule has 0 aliphatic carbocycles. The largest absolute Gasteiger partial charge is 0.475 e. The van der Waals surface area contributed by atoms with Crippen LogP contribution in [0.5, 0.6) is 0 Å². The Bertz CT molecular complexity index is 856. The van der Waals surface area contributed by atoms with Gasteiger partial charge >= 0.3 is 5.97 Å². The minimum atomic E-state index is -1.50. The number of nitrogens with zero attached hydrogens (tertiary/aromatic N) is 2. The zero-order chi connectivity index (χ0) is 15.0. The number of Topliss-reactive ketones (excluding diaryl/α,β-unsaturated/α-hetero) is 1. The summed E-state index contributed by atoms with van der Waals surface area (Å²) < 4.78 is 1.72. The summed E-state index contributed by atoms with van der Waals surface area (Å²) in [5, 5.41) is 9.87.